The normalized spacial score (nSPS) is 19.5. The molecule has 1 aliphatic carbocycles. The Bertz CT molecular complexity index is 766. The molecular weight excluding hydrogens is 334 g/mol. The van der Waals surface area contributed by atoms with Gasteiger partial charge in [-0.2, -0.15) is 5.10 Å². The second-order valence-corrected chi connectivity index (χ2v) is 6.89. The highest BCUT2D eigenvalue weighted by Gasteiger charge is 2.28. The summed E-state index contributed by atoms with van der Waals surface area (Å²) in [5, 5.41) is 16.8. The monoisotopic (exact) mass is 359 g/mol. The van der Waals surface area contributed by atoms with E-state index in [9.17, 15) is 9.59 Å². The molecule has 26 heavy (non-hydrogen) atoms. The Hall–Kier alpha value is -2.64. The first-order valence-electron chi connectivity index (χ1n) is 9.10. The van der Waals surface area contributed by atoms with Crippen molar-refractivity contribution in [2.45, 2.75) is 64.3 Å². The lowest BCUT2D eigenvalue weighted by Gasteiger charge is -2.12. The minimum atomic E-state index is -0.188. The summed E-state index contributed by atoms with van der Waals surface area (Å²) in [5.41, 5.74) is 1.67. The molecule has 2 heterocycles. The quantitative estimate of drug-likeness (QED) is 0.703. The zero-order chi connectivity index (χ0) is 18.5. The molecule has 140 valence electrons. The summed E-state index contributed by atoms with van der Waals surface area (Å²) in [6, 6.07) is 3.82. The summed E-state index contributed by atoms with van der Waals surface area (Å²) in [7, 11) is 0. The zero-order valence-corrected chi connectivity index (χ0v) is 15.2. The van der Waals surface area contributed by atoms with Crippen LogP contribution in [0.4, 0.5) is 5.82 Å². The van der Waals surface area contributed by atoms with Crippen molar-refractivity contribution < 1.29 is 14.1 Å². The van der Waals surface area contributed by atoms with Crippen molar-refractivity contribution in [3.63, 3.8) is 0 Å². The Balaban J connectivity index is 1.50. The predicted octanol–water partition coefficient (Wildman–Crippen LogP) is 2.44. The number of hydrogen-bond acceptors (Lipinski definition) is 5. The van der Waals surface area contributed by atoms with Crippen LogP contribution in [-0.4, -0.2) is 33.2 Å². The van der Waals surface area contributed by atoms with E-state index in [2.05, 4.69) is 26.0 Å². The van der Waals surface area contributed by atoms with Crippen LogP contribution in [0.2, 0.25) is 0 Å². The van der Waals surface area contributed by atoms with E-state index in [1.54, 1.807) is 6.07 Å². The van der Waals surface area contributed by atoms with E-state index in [0.717, 1.165) is 37.1 Å². The molecule has 1 aliphatic rings. The summed E-state index contributed by atoms with van der Waals surface area (Å²) in [6.45, 7) is 3.81. The number of anilines is 1. The van der Waals surface area contributed by atoms with Gasteiger partial charge in [0.15, 0.2) is 0 Å². The molecule has 0 unspecified atom stereocenters. The average molecular weight is 359 g/mol. The van der Waals surface area contributed by atoms with Crippen LogP contribution >= 0.6 is 0 Å². The zero-order valence-electron chi connectivity index (χ0n) is 15.2. The summed E-state index contributed by atoms with van der Waals surface area (Å²) in [5.74, 6) is 1.32. The molecule has 0 saturated heterocycles. The molecular formula is C18H25N5O3. The molecule has 1 saturated carbocycles. The van der Waals surface area contributed by atoms with Gasteiger partial charge in [0, 0.05) is 30.5 Å². The first kappa shape index (κ1) is 18.2. The fourth-order valence-corrected chi connectivity index (χ4v) is 3.37. The van der Waals surface area contributed by atoms with Crippen LogP contribution in [0.3, 0.4) is 0 Å². The number of carbonyl (C=O) groups is 2. The summed E-state index contributed by atoms with van der Waals surface area (Å²) < 4.78 is 5.05. The SMILES string of the molecule is CCCC(=O)N[C@@H]1CC[C@H](c2cc(NC(=O)Cc3cc(C)no3)[nH]n2)C1. The molecule has 0 spiro atoms. The standard InChI is InChI=1S/C18H25N5O3/c1-3-4-17(24)19-13-6-5-12(8-13)15-10-16(22-21-15)20-18(25)9-14-7-11(2)23-26-14/h7,10,12-13H,3-6,8-9H2,1-2H3,(H,19,24)(H2,20,21,22,25)/t12-,13+/m0/s1. The molecule has 1 fully saturated rings. The number of rotatable bonds is 7. The van der Waals surface area contributed by atoms with E-state index < -0.39 is 0 Å². The second-order valence-electron chi connectivity index (χ2n) is 6.89. The van der Waals surface area contributed by atoms with Gasteiger partial charge in [0.05, 0.1) is 17.8 Å². The molecule has 2 amide bonds. The Morgan fingerprint density at radius 1 is 1.31 bits per heavy atom. The lowest BCUT2D eigenvalue weighted by molar-refractivity contribution is -0.121. The number of aromatic nitrogens is 3. The maximum Gasteiger partial charge on any atom is 0.233 e. The molecule has 0 radical (unpaired) electrons. The fourth-order valence-electron chi connectivity index (χ4n) is 3.37. The van der Waals surface area contributed by atoms with E-state index >= 15 is 0 Å². The van der Waals surface area contributed by atoms with E-state index in [-0.39, 0.29) is 24.3 Å². The number of hydrogen-bond donors (Lipinski definition) is 3. The van der Waals surface area contributed by atoms with E-state index in [0.29, 0.717) is 23.9 Å². The highest BCUT2D eigenvalue weighted by atomic mass is 16.5. The minimum Gasteiger partial charge on any atom is -0.361 e. The molecule has 2 aromatic rings. The summed E-state index contributed by atoms with van der Waals surface area (Å²) in [6.07, 6.45) is 4.38. The predicted molar refractivity (Wildman–Crippen MR) is 95.6 cm³/mol. The average Bonchev–Trinajstić information content (AvgIpc) is 3.29. The molecule has 3 N–H and O–H groups in total. The molecule has 0 aromatic carbocycles. The third-order valence-electron chi connectivity index (χ3n) is 4.58. The molecule has 2 atom stereocenters. The molecule has 3 rings (SSSR count). The van der Waals surface area contributed by atoms with Crippen LogP contribution < -0.4 is 10.6 Å². The van der Waals surface area contributed by atoms with Crippen LogP contribution in [-0.2, 0) is 16.0 Å². The van der Waals surface area contributed by atoms with Crippen LogP contribution in [0.25, 0.3) is 0 Å². The van der Waals surface area contributed by atoms with Crippen molar-refractivity contribution in [3.8, 4) is 0 Å². The fraction of sp³-hybridized carbons (Fsp3) is 0.556. The second kappa shape index (κ2) is 8.16. The Labute approximate surface area is 152 Å². The summed E-state index contributed by atoms with van der Waals surface area (Å²) in [4.78, 5) is 23.8. The van der Waals surface area contributed by atoms with Gasteiger partial charge in [-0.25, -0.2) is 0 Å². The highest BCUT2D eigenvalue weighted by Crippen LogP contribution is 2.34. The van der Waals surface area contributed by atoms with Gasteiger partial charge in [-0.1, -0.05) is 12.1 Å². The number of amides is 2. The van der Waals surface area contributed by atoms with Crippen molar-refractivity contribution in [3.05, 3.63) is 29.3 Å². The van der Waals surface area contributed by atoms with E-state index in [4.69, 9.17) is 4.52 Å². The first-order chi connectivity index (χ1) is 12.5. The Morgan fingerprint density at radius 3 is 2.88 bits per heavy atom. The molecule has 2 aromatic heterocycles. The molecule has 0 bridgehead atoms. The van der Waals surface area contributed by atoms with E-state index in [1.165, 1.54) is 0 Å². The minimum absolute atomic E-state index is 0.121. The first-order valence-corrected chi connectivity index (χ1v) is 9.10. The van der Waals surface area contributed by atoms with Crippen LogP contribution in [0.1, 0.15) is 62.1 Å². The van der Waals surface area contributed by atoms with Gasteiger partial charge < -0.3 is 15.2 Å². The van der Waals surface area contributed by atoms with Crippen molar-refractivity contribution in [2.24, 2.45) is 0 Å². The Morgan fingerprint density at radius 2 is 2.15 bits per heavy atom. The van der Waals surface area contributed by atoms with Gasteiger partial charge in [0.1, 0.15) is 11.6 Å². The van der Waals surface area contributed by atoms with Gasteiger partial charge >= 0.3 is 0 Å². The number of H-pyrrole nitrogens is 1. The van der Waals surface area contributed by atoms with Gasteiger partial charge in [0.2, 0.25) is 11.8 Å². The molecule has 8 heteroatoms. The van der Waals surface area contributed by atoms with Gasteiger partial charge in [-0.3, -0.25) is 14.7 Å². The van der Waals surface area contributed by atoms with Crippen molar-refractivity contribution >= 4 is 17.6 Å². The maximum atomic E-state index is 12.1. The molecule has 0 aliphatic heterocycles. The highest BCUT2D eigenvalue weighted by molar-refractivity contribution is 5.91. The van der Waals surface area contributed by atoms with Crippen molar-refractivity contribution in [1.82, 2.24) is 20.7 Å². The number of carbonyl (C=O) groups excluding carboxylic acids is 2. The topological polar surface area (TPSA) is 113 Å². The maximum absolute atomic E-state index is 12.1. The third-order valence-corrected chi connectivity index (χ3v) is 4.58. The number of aryl methyl sites for hydroxylation is 1. The lowest BCUT2D eigenvalue weighted by atomic mass is 10.0. The number of nitrogens with one attached hydrogen (secondary N) is 3. The largest absolute Gasteiger partial charge is 0.361 e. The van der Waals surface area contributed by atoms with Crippen molar-refractivity contribution in [1.29, 1.82) is 0 Å². The third kappa shape index (κ3) is 4.71. The number of aromatic amines is 1. The van der Waals surface area contributed by atoms with Crippen LogP contribution in [0.5, 0.6) is 0 Å². The lowest BCUT2D eigenvalue weighted by Crippen LogP contribution is -2.32. The van der Waals surface area contributed by atoms with E-state index in [1.807, 2.05) is 19.9 Å². The van der Waals surface area contributed by atoms with Gasteiger partial charge in [-0.15, -0.1) is 0 Å². The smallest absolute Gasteiger partial charge is 0.233 e. The Kier molecular flexibility index (Phi) is 5.70. The van der Waals surface area contributed by atoms with Crippen LogP contribution in [0, 0.1) is 6.92 Å². The molecule has 8 nitrogen and oxygen atoms in total. The van der Waals surface area contributed by atoms with Gasteiger partial charge in [0.25, 0.3) is 0 Å². The number of nitrogens with zero attached hydrogens (tertiary/aromatic N) is 2. The van der Waals surface area contributed by atoms with Crippen LogP contribution in [0.15, 0.2) is 16.7 Å². The summed E-state index contributed by atoms with van der Waals surface area (Å²) >= 11 is 0. The van der Waals surface area contributed by atoms with Crippen molar-refractivity contribution in [2.75, 3.05) is 5.32 Å². The van der Waals surface area contributed by atoms with Gasteiger partial charge in [-0.05, 0) is 32.6 Å².